The molecular formula is C16H16FNO2. The van der Waals surface area contributed by atoms with Crippen molar-refractivity contribution in [2.75, 3.05) is 6.54 Å². The molecule has 0 aromatic heterocycles. The second kappa shape index (κ2) is 6.30. The van der Waals surface area contributed by atoms with Crippen molar-refractivity contribution < 1.29 is 14.3 Å². The van der Waals surface area contributed by atoms with Crippen molar-refractivity contribution >= 4 is 5.91 Å². The third kappa shape index (κ3) is 3.22. The van der Waals surface area contributed by atoms with Gasteiger partial charge in [0.25, 0.3) is 5.91 Å². The number of halogens is 1. The van der Waals surface area contributed by atoms with Gasteiger partial charge in [-0.05, 0) is 30.2 Å². The molecule has 20 heavy (non-hydrogen) atoms. The summed E-state index contributed by atoms with van der Waals surface area (Å²) in [7, 11) is 0. The Morgan fingerprint density at radius 2 is 1.85 bits per heavy atom. The average Bonchev–Trinajstić information content (AvgIpc) is 2.45. The highest BCUT2D eigenvalue weighted by Gasteiger charge is 2.14. The molecule has 0 aliphatic carbocycles. The molecule has 2 rings (SSSR count). The van der Waals surface area contributed by atoms with Gasteiger partial charge in [-0.1, -0.05) is 36.4 Å². The van der Waals surface area contributed by atoms with Crippen molar-refractivity contribution in [3.8, 4) is 0 Å². The summed E-state index contributed by atoms with van der Waals surface area (Å²) in [6.45, 7) is 1.93. The number of carbonyl (C=O) groups is 1. The summed E-state index contributed by atoms with van der Waals surface area (Å²) in [4.78, 5) is 11.8. The Bertz CT molecular complexity index is 613. The molecule has 104 valence electrons. The Hall–Kier alpha value is -2.20. The molecule has 0 bridgehead atoms. The Morgan fingerprint density at radius 1 is 1.20 bits per heavy atom. The molecule has 1 unspecified atom stereocenters. The van der Waals surface area contributed by atoms with Crippen LogP contribution in [0.3, 0.4) is 0 Å². The molecule has 2 N–H and O–H groups in total. The van der Waals surface area contributed by atoms with Gasteiger partial charge in [-0.25, -0.2) is 4.39 Å². The van der Waals surface area contributed by atoms with Gasteiger partial charge in [-0.2, -0.15) is 0 Å². The summed E-state index contributed by atoms with van der Waals surface area (Å²) >= 11 is 0. The Morgan fingerprint density at radius 3 is 2.55 bits per heavy atom. The summed E-state index contributed by atoms with van der Waals surface area (Å²) in [5.74, 6) is -1.11. The maximum absolute atomic E-state index is 13.4. The van der Waals surface area contributed by atoms with Crippen LogP contribution in [0.5, 0.6) is 0 Å². The van der Waals surface area contributed by atoms with Crippen molar-refractivity contribution in [1.29, 1.82) is 0 Å². The first kappa shape index (κ1) is 14.2. The van der Waals surface area contributed by atoms with Gasteiger partial charge in [0.1, 0.15) is 5.82 Å². The van der Waals surface area contributed by atoms with E-state index in [1.54, 1.807) is 12.1 Å². The number of nitrogens with one attached hydrogen (secondary N) is 1. The van der Waals surface area contributed by atoms with Gasteiger partial charge < -0.3 is 10.4 Å². The maximum Gasteiger partial charge on any atom is 0.254 e. The number of benzene rings is 2. The fourth-order valence-corrected chi connectivity index (χ4v) is 2.00. The van der Waals surface area contributed by atoms with E-state index in [0.29, 0.717) is 0 Å². The van der Waals surface area contributed by atoms with E-state index in [0.717, 1.165) is 11.1 Å². The molecule has 3 nitrogen and oxygen atoms in total. The van der Waals surface area contributed by atoms with E-state index in [9.17, 15) is 14.3 Å². The molecule has 2 aromatic carbocycles. The first-order valence-electron chi connectivity index (χ1n) is 6.36. The summed E-state index contributed by atoms with van der Waals surface area (Å²) in [5.41, 5.74) is 1.67. The normalized spacial score (nSPS) is 11.9. The first-order chi connectivity index (χ1) is 9.59. The highest BCUT2D eigenvalue weighted by molar-refractivity contribution is 5.94. The molecular weight excluding hydrogens is 257 g/mol. The van der Waals surface area contributed by atoms with Gasteiger partial charge in [-0.3, -0.25) is 4.79 Å². The van der Waals surface area contributed by atoms with Gasteiger partial charge in [0.05, 0.1) is 11.7 Å². The molecule has 2 aromatic rings. The van der Waals surface area contributed by atoms with Crippen LogP contribution in [0.2, 0.25) is 0 Å². The number of aliphatic hydroxyl groups excluding tert-OH is 1. The molecule has 0 radical (unpaired) electrons. The van der Waals surface area contributed by atoms with Crippen LogP contribution in [0.15, 0.2) is 48.5 Å². The Labute approximate surface area is 117 Å². The van der Waals surface area contributed by atoms with Crippen molar-refractivity contribution in [3.63, 3.8) is 0 Å². The topological polar surface area (TPSA) is 49.3 Å². The molecule has 4 heteroatoms. The van der Waals surface area contributed by atoms with Crippen molar-refractivity contribution in [1.82, 2.24) is 5.32 Å². The Balaban J connectivity index is 2.01. The summed E-state index contributed by atoms with van der Waals surface area (Å²) < 4.78 is 13.4. The smallest absolute Gasteiger partial charge is 0.254 e. The fourth-order valence-electron chi connectivity index (χ4n) is 2.00. The van der Waals surface area contributed by atoms with Crippen molar-refractivity contribution in [2.24, 2.45) is 0 Å². The largest absolute Gasteiger partial charge is 0.387 e. The van der Waals surface area contributed by atoms with Crippen LogP contribution in [-0.4, -0.2) is 17.6 Å². The Kier molecular flexibility index (Phi) is 4.48. The minimum absolute atomic E-state index is 0.0236. The lowest BCUT2D eigenvalue weighted by Gasteiger charge is -2.14. The van der Waals surface area contributed by atoms with E-state index in [1.807, 2.05) is 25.1 Å². The van der Waals surface area contributed by atoms with E-state index in [-0.39, 0.29) is 12.1 Å². The lowest BCUT2D eigenvalue weighted by molar-refractivity contribution is 0.0912. The minimum Gasteiger partial charge on any atom is -0.387 e. The molecule has 0 saturated carbocycles. The number of rotatable bonds is 4. The second-order valence-electron chi connectivity index (χ2n) is 4.56. The zero-order valence-corrected chi connectivity index (χ0v) is 11.1. The number of hydrogen-bond donors (Lipinski definition) is 2. The first-order valence-corrected chi connectivity index (χ1v) is 6.36. The molecule has 0 heterocycles. The number of hydrogen-bond acceptors (Lipinski definition) is 2. The van der Waals surface area contributed by atoms with Crippen LogP contribution in [0.4, 0.5) is 4.39 Å². The molecule has 1 amide bonds. The number of amides is 1. The predicted molar refractivity (Wildman–Crippen MR) is 74.9 cm³/mol. The van der Waals surface area contributed by atoms with Gasteiger partial charge in [0, 0.05) is 6.54 Å². The average molecular weight is 273 g/mol. The van der Waals surface area contributed by atoms with Gasteiger partial charge in [-0.15, -0.1) is 0 Å². The van der Waals surface area contributed by atoms with Crippen molar-refractivity contribution in [3.05, 3.63) is 71.0 Å². The maximum atomic E-state index is 13.4. The lowest BCUT2D eigenvalue weighted by atomic mass is 10.0. The predicted octanol–water partition coefficient (Wildman–Crippen LogP) is 2.60. The van der Waals surface area contributed by atoms with Gasteiger partial charge in [0.2, 0.25) is 0 Å². The molecule has 0 aliphatic rings. The zero-order valence-electron chi connectivity index (χ0n) is 11.1. The van der Waals surface area contributed by atoms with Crippen LogP contribution in [-0.2, 0) is 0 Å². The van der Waals surface area contributed by atoms with Crippen LogP contribution in [0, 0.1) is 12.7 Å². The molecule has 0 aliphatic heterocycles. The monoisotopic (exact) mass is 273 g/mol. The van der Waals surface area contributed by atoms with Gasteiger partial charge >= 0.3 is 0 Å². The molecule has 0 saturated heterocycles. The fraction of sp³-hybridized carbons (Fsp3) is 0.188. The highest BCUT2D eigenvalue weighted by Crippen LogP contribution is 2.16. The van der Waals surface area contributed by atoms with Crippen LogP contribution in [0.25, 0.3) is 0 Å². The number of aliphatic hydroxyl groups is 1. The van der Waals surface area contributed by atoms with Crippen molar-refractivity contribution in [2.45, 2.75) is 13.0 Å². The lowest BCUT2D eigenvalue weighted by Crippen LogP contribution is -2.29. The quantitative estimate of drug-likeness (QED) is 0.899. The van der Waals surface area contributed by atoms with E-state index in [4.69, 9.17) is 0 Å². The minimum atomic E-state index is -0.813. The number of aryl methyl sites for hydroxylation is 1. The molecule has 1 atom stereocenters. The third-order valence-corrected chi connectivity index (χ3v) is 3.12. The van der Waals surface area contributed by atoms with E-state index in [2.05, 4.69) is 5.32 Å². The third-order valence-electron chi connectivity index (χ3n) is 3.12. The van der Waals surface area contributed by atoms with Crippen LogP contribution >= 0.6 is 0 Å². The molecule has 0 fully saturated rings. The summed E-state index contributed by atoms with van der Waals surface area (Å²) in [6, 6.07) is 13.1. The number of carbonyl (C=O) groups excluding carboxylic acids is 1. The standard InChI is InChI=1S/C16H16FNO2/c1-11-6-2-3-7-12(11)15(19)10-18-16(20)13-8-4-5-9-14(13)17/h2-9,15,19H,10H2,1H3,(H,18,20). The second-order valence-corrected chi connectivity index (χ2v) is 4.56. The highest BCUT2D eigenvalue weighted by atomic mass is 19.1. The van der Waals surface area contributed by atoms with E-state index < -0.39 is 17.8 Å². The summed E-state index contributed by atoms with van der Waals surface area (Å²) in [6.07, 6.45) is -0.813. The SMILES string of the molecule is Cc1ccccc1C(O)CNC(=O)c1ccccc1F. The van der Waals surface area contributed by atoms with Crippen LogP contribution < -0.4 is 5.32 Å². The van der Waals surface area contributed by atoms with Crippen LogP contribution in [0.1, 0.15) is 27.6 Å². The molecule has 0 spiro atoms. The zero-order chi connectivity index (χ0) is 14.5. The van der Waals surface area contributed by atoms with Gasteiger partial charge in [0.15, 0.2) is 0 Å². The van der Waals surface area contributed by atoms with E-state index >= 15 is 0 Å². The summed E-state index contributed by atoms with van der Waals surface area (Å²) in [5, 5.41) is 12.6. The van der Waals surface area contributed by atoms with E-state index in [1.165, 1.54) is 18.2 Å².